The SMILES string of the molecule is C=Cc1c(C)cc(S)c2c(=C)c3ccccc3c(=C)c12. The summed E-state index contributed by atoms with van der Waals surface area (Å²) >= 11 is 4.65. The van der Waals surface area contributed by atoms with E-state index in [-0.39, 0.29) is 0 Å². The van der Waals surface area contributed by atoms with E-state index in [1.165, 1.54) is 0 Å². The van der Waals surface area contributed by atoms with E-state index in [0.29, 0.717) is 0 Å². The Balaban J connectivity index is 2.82. The predicted octanol–water partition coefficient (Wildman–Crippen LogP) is 4.05. The minimum absolute atomic E-state index is 0.948. The standard InChI is InChI=1S/C19H16S/c1-5-14-11(2)10-17(20)19-13(4)16-9-7-6-8-15(16)12(3)18(14)19/h5-10,20H,1,3-4H2,2H3. The molecule has 0 unspecified atom stereocenters. The second kappa shape index (κ2) is 4.53. The molecule has 3 aromatic rings. The predicted molar refractivity (Wildman–Crippen MR) is 93.8 cm³/mol. The summed E-state index contributed by atoms with van der Waals surface area (Å²) in [6, 6.07) is 10.3. The first-order chi connectivity index (χ1) is 9.56. The van der Waals surface area contributed by atoms with E-state index in [2.05, 4.69) is 57.5 Å². The van der Waals surface area contributed by atoms with Crippen molar-refractivity contribution in [1.29, 1.82) is 0 Å². The molecular weight excluding hydrogens is 260 g/mol. The lowest BCUT2D eigenvalue weighted by molar-refractivity contribution is 1.40. The van der Waals surface area contributed by atoms with Crippen LogP contribution >= 0.6 is 12.6 Å². The fraction of sp³-hybridized carbons (Fsp3) is 0.0526. The molecule has 0 heterocycles. The van der Waals surface area contributed by atoms with Crippen LogP contribution in [0.4, 0.5) is 0 Å². The zero-order valence-electron chi connectivity index (χ0n) is 11.5. The van der Waals surface area contributed by atoms with Crippen LogP contribution in [0.15, 0.2) is 41.8 Å². The van der Waals surface area contributed by atoms with Gasteiger partial charge in [-0.1, -0.05) is 50.1 Å². The van der Waals surface area contributed by atoms with Crippen molar-refractivity contribution < 1.29 is 0 Å². The fourth-order valence-corrected chi connectivity index (χ4v) is 3.42. The lowest BCUT2D eigenvalue weighted by Crippen LogP contribution is -2.14. The molecule has 0 aliphatic heterocycles. The second-order valence-electron chi connectivity index (χ2n) is 5.08. The molecule has 0 radical (unpaired) electrons. The van der Waals surface area contributed by atoms with Gasteiger partial charge in [-0.3, -0.25) is 0 Å². The van der Waals surface area contributed by atoms with E-state index in [1.54, 1.807) is 0 Å². The van der Waals surface area contributed by atoms with Crippen LogP contribution in [-0.4, -0.2) is 0 Å². The summed E-state index contributed by atoms with van der Waals surface area (Å²) in [4.78, 5) is 0.948. The Morgan fingerprint density at radius 2 is 1.55 bits per heavy atom. The van der Waals surface area contributed by atoms with Crippen molar-refractivity contribution in [3.63, 3.8) is 0 Å². The topological polar surface area (TPSA) is 0 Å². The maximum absolute atomic E-state index is 4.65. The zero-order chi connectivity index (χ0) is 14.4. The van der Waals surface area contributed by atoms with E-state index in [9.17, 15) is 0 Å². The number of rotatable bonds is 1. The molecule has 0 saturated carbocycles. The summed E-state index contributed by atoms with van der Waals surface area (Å²) in [5.41, 5.74) is 2.29. The average Bonchev–Trinajstić information content (AvgIpc) is 2.44. The minimum atomic E-state index is 0.948. The van der Waals surface area contributed by atoms with Crippen LogP contribution in [0.1, 0.15) is 11.1 Å². The lowest BCUT2D eigenvalue weighted by Gasteiger charge is -2.13. The van der Waals surface area contributed by atoms with Gasteiger partial charge in [0.1, 0.15) is 0 Å². The van der Waals surface area contributed by atoms with Crippen molar-refractivity contribution in [2.75, 3.05) is 0 Å². The highest BCUT2D eigenvalue weighted by atomic mass is 32.1. The van der Waals surface area contributed by atoms with Gasteiger partial charge in [-0.15, -0.1) is 12.6 Å². The van der Waals surface area contributed by atoms with Gasteiger partial charge in [0.2, 0.25) is 0 Å². The largest absolute Gasteiger partial charge is 0.143 e. The Labute approximate surface area is 124 Å². The first kappa shape index (κ1) is 13.0. The summed E-state index contributed by atoms with van der Waals surface area (Å²) in [6.07, 6.45) is 1.90. The molecule has 3 rings (SSSR count). The Hall–Kier alpha value is -1.99. The highest BCUT2D eigenvalue weighted by Crippen LogP contribution is 2.26. The lowest BCUT2D eigenvalue weighted by atomic mass is 9.93. The molecule has 0 aromatic heterocycles. The van der Waals surface area contributed by atoms with Gasteiger partial charge in [0, 0.05) is 10.3 Å². The fourth-order valence-electron chi connectivity index (χ4n) is 2.98. The van der Waals surface area contributed by atoms with E-state index in [4.69, 9.17) is 0 Å². The minimum Gasteiger partial charge on any atom is -0.143 e. The Bertz CT molecular complexity index is 965. The van der Waals surface area contributed by atoms with E-state index in [1.807, 2.05) is 18.2 Å². The van der Waals surface area contributed by atoms with Gasteiger partial charge in [-0.25, -0.2) is 0 Å². The molecular formula is C19H16S. The monoisotopic (exact) mass is 276 g/mol. The van der Waals surface area contributed by atoms with Crippen molar-refractivity contribution in [2.24, 2.45) is 0 Å². The second-order valence-corrected chi connectivity index (χ2v) is 5.56. The highest BCUT2D eigenvalue weighted by Gasteiger charge is 2.10. The third-order valence-electron chi connectivity index (χ3n) is 3.94. The number of hydrogen-bond donors (Lipinski definition) is 1. The quantitative estimate of drug-likeness (QED) is 0.503. The van der Waals surface area contributed by atoms with Crippen molar-refractivity contribution in [1.82, 2.24) is 0 Å². The molecule has 0 fully saturated rings. The third-order valence-corrected chi connectivity index (χ3v) is 4.29. The van der Waals surface area contributed by atoms with Crippen molar-refractivity contribution in [3.05, 3.63) is 58.5 Å². The normalized spacial score (nSPS) is 11.1. The van der Waals surface area contributed by atoms with E-state index < -0.39 is 0 Å². The van der Waals surface area contributed by atoms with E-state index in [0.717, 1.165) is 48.0 Å². The molecule has 0 bridgehead atoms. The molecule has 0 spiro atoms. The number of fused-ring (bicyclic) bond motifs is 2. The van der Waals surface area contributed by atoms with Gasteiger partial charge < -0.3 is 0 Å². The molecule has 0 aliphatic carbocycles. The highest BCUT2D eigenvalue weighted by molar-refractivity contribution is 7.80. The molecule has 3 aromatic carbocycles. The molecule has 0 nitrogen and oxygen atoms in total. The zero-order valence-corrected chi connectivity index (χ0v) is 12.4. The molecule has 0 aliphatic rings. The van der Waals surface area contributed by atoms with Gasteiger partial charge in [0.05, 0.1) is 0 Å². The summed E-state index contributed by atoms with van der Waals surface area (Å²) in [7, 11) is 0. The maximum atomic E-state index is 4.65. The Morgan fingerprint density at radius 3 is 2.10 bits per heavy atom. The van der Waals surface area contributed by atoms with Crippen LogP contribution in [0.5, 0.6) is 0 Å². The van der Waals surface area contributed by atoms with Gasteiger partial charge in [-0.05, 0) is 50.7 Å². The van der Waals surface area contributed by atoms with Crippen LogP contribution < -0.4 is 10.4 Å². The number of hydrogen-bond acceptors (Lipinski definition) is 1. The van der Waals surface area contributed by atoms with E-state index >= 15 is 0 Å². The number of benzene rings is 3. The first-order valence-electron chi connectivity index (χ1n) is 6.53. The Kier molecular flexibility index (Phi) is 2.95. The van der Waals surface area contributed by atoms with Crippen molar-refractivity contribution in [3.8, 4) is 0 Å². The summed E-state index contributed by atoms with van der Waals surface area (Å²) in [6.45, 7) is 14.6. The molecule has 0 atom stereocenters. The summed E-state index contributed by atoms with van der Waals surface area (Å²) in [5.74, 6) is 0. The van der Waals surface area contributed by atoms with Crippen LogP contribution in [0.25, 0.3) is 40.8 Å². The number of aryl methyl sites for hydroxylation is 1. The van der Waals surface area contributed by atoms with Gasteiger partial charge in [0.15, 0.2) is 0 Å². The van der Waals surface area contributed by atoms with Gasteiger partial charge in [-0.2, -0.15) is 0 Å². The van der Waals surface area contributed by atoms with Crippen LogP contribution in [0.2, 0.25) is 0 Å². The van der Waals surface area contributed by atoms with Crippen molar-refractivity contribution >= 4 is 53.4 Å². The smallest absolute Gasteiger partial charge is 0.0128 e. The molecule has 20 heavy (non-hydrogen) atoms. The maximum Gasteiger partial charge on any atom is 0.0128 e. The van der Waals surface area contributed by atoms with Crippen LogP contribution in [0.3, 0.4) is 0 Å². The summed E-state index contributed by atoms with van der Waals surface area (Å²) in [5, 5.41) is 6.52. The Morgan fingerprint density at radius 1 is 1.00 bits per heavy atom. The van der Waals surface area contributed by atoms with Gasteiger partial charge >= 0.3 is 0 Å². The average molecular weight is 276 g/mol. The molecule has 0 saturated heterocycles. The van der Waals surface area contributed by atoms with Crippen LogP contribution in [0, 0.1) is 6.92 Å². The third kappa shape index (κ3) is 1.63. The molecule has 0 N–H and O–H groups in total. The molecule has 98 valence electrons. The first-order valence-corrected chi connectivity index (χ1v) is 6.98. The van der Waals surface area contributed by atoms with Crippen LogP contribution in [-0.2, 0) is 0 Å². The molecule has 0 amide bonds. The van der Waals surface area contributed by atoms with Crippen molar-refractivity contribution in [2.45, 2.75) is 11.8 Å². The summed E-state index contributed by atoms with van der Waals surface area (Å²) < 4.78 is 0. The number of thiol groups is 1. The van der Waals surface area contributed by atoms with Gasteiger partial charge in [0.25, 0.3) is 0 Å². The molecule has 1 heteroatoms.